The van der Waals surface area contributed by atoms with E-state index in [0.29, 0.717) is 24.6 Å². The fraction of sp³-hybridized carbons (Fsp3) is 0.533. The number of halogens is 3. The first kappa shape index (κ1) is 17.2. The molecule has 0 bridgehead atoms. The molecule has 2 heterocycles. The molecule has 5 nitrogen and oxygen atoms in total. The highest BCUT2D eigenvalue weighted by molar-refractivity contribution is 5.59. The Morgan fingerprint density at radius 2 is 2.00 bits per heavy atom. The summed E-state index contributed by atoms with van der Waals surface area (Å²) in [4.78, 5) is 7.77. The molecule has 0 aromatic carbocycles. The van der Waals surface area contributed by atoms with E-state index >= 15 is 0 Å². The molecule has 0 saturated heterocycles. The van der Waals surface area contributed by atoms with Gasteiger partial charge in [-0.05, 0) is 25.3 Å². The maximum Gasteiger partial charge on any atom is 0.433 e. The van der Waals surface area contributed by atoms with Crippen molar-refractivity contribution in [3.8, 4) is 11.3 Å². The second kappa shape index (κ2) is 6.97. The first-order chi connectivity index (χ1) is 10.8. The Morgan fingerprint density at radius 3 is 2.57 bits per heavy atom. The highest BCUT2D eigenvalue weighted by atomic mass is 19.4. The van der Waals surface area contributed by atoms with Crippen molar-refractivity contribution in [2.45, 2.75) is 39.9 Å². The summed E-state index contributed by atoms with van der Waals surface area (Å²) >= 11 is 0. The predicted octanol–water partition coefficient (Wildman–Crippen LogP) is 3.84. The van der Waals surface area contributed by atoms with E-state index in [9.17, 15) is 13.2 Å². The molecule has 0 aliphatic heterocycles. The molecule has 126 valence electrons. The molecule has 0 unspecified atom stereocenters. The average Bonchev–Trinajstić information content (AvgIpc) is 2.94. The van der Waals surface area contributed by atoms with E-state index in [4.69, 9.17) is 0 Å². The minimum atomic E-state index is -4.52. The summed E-state index contributed by atoms with van der Waals surface area (Å²) in [5, 5.41) is 6.94. The number of nitrogens with zero attached hydrogens (tertiary/aromatic N) is 4. The van der Waals surface area contributed by atoms with Crippen molar-refractivity contribution in [2.24, 2.45) is 5.92 Å². The highest BCUT2D eigenvalue weighted by Crippen LogP contribution is 2.31. The molecule has 1 N–H and O–H groups in total. The third-order valence-electron chi connectivity index (χ3n) is 3.27. The van der Waals surface area contributed by atoms with Gasteiger partial charge in [0, 0.05) is 24.8 Å². The Hall–Kier alpha value is -2.12. The van der Waals surface area contributed by atoms with Gasteiger partial charge in [-0.3, -0.25) is 4.68 Å². The maximum absolute atomic E-state index is 13.0. The lowest BCUT2D eigenvalue weighted by Gasteiger charge is -2.11. The van der Waals surface area contributed by atoms with Crippen LogP contribution in [0.4, 0.5) is 19.1 Å². The number of anilines is 1. The number of hydrogen-bond acceptors (Lipinski definition) is 4. The van der Waals surface area contributed by atoms with E-state index in [1.807, 2.05) is 20.8 Å². The summed E-state index contributed by atoms with van der Waals surface area (Å²) in [6.45, 7) is 7.14. The Kier molecular flexibility index (Phi) is 5.23. The second-order valence-electron chi connectivity index (χ2n) is 5.65. The largest absolute Gasteiger partial charge is 0.433 e. The first-order valence-electron chi connectivity index (χ1n) is 7.52. The first-order valence-corrected chi connectivity index (χ1v) is 7.52. The molecule has 0 saturated carbocycles. The van der Waals surface area contributed by atoms with Crippen molar-refractivity contribution in [1.29, 1.82) is 0 Å². The predicted molar refractivity (Wildman–Crippen MR) is 81.9 cm³/mol. The van der Waals surface area contributed by atoms with Crippen molar-refractivity contribution in [1.82, 2.24) is 19.7 Å². The number of hydrogen-bond donors (Lipinski definition) is 1. The van der Waals surface area contributed by atoms with Crippen molar-refractivity contribution in [3.63, 3.8) is 0 Å². The van der Waals surface area contributed by atoms with Crippen LogP contribution in [0, 0.1) is 5.92 Å². The molecule has 0 fully saturated rings. The number of aromatic nitrogens is 4. The van der Waals surface area contributed by atoms with Crippen molar-refractivity contribution < 1.29 is 13.2 Å². The van der Waals surface area contributed by atoms with Gasteiger partial charge in [-0.1, -0.05) is 13.8 Å². The van der Waals surface area contributed by atoms with E-state index in [0.717, 1.165) is 12.5 Å². The lowest BCUT2D eigenvalue weighted by Crippen LogP contribution is -2.14. The zero-order valence-electron chi connectivity index (χ0n) is 13.4. The molecule has 2 aromatic heterocycles. The zero-order valence-corrected chi connectivity index (χ0v) is 13.4. The van der Waals surface area contributed by atoms with Gasteiger partial charge in [0.25, 0.3) is 0 Å². The number of alkyl halides is 3. The molecule has 0 spiro atoms. The van der Waals surface area contributed by atoms with Crippen LogP contribution in [0.5, 0.6) is 0 Å². The van der Waals surface area contributed by atoms with Crippen LogP contribution < -0.4 is 5.32 Å². The third-order valence-corrected chi connectivity index (χ3v) is 3.27. The Balaban J connectivity index is 2.33. The van der Waals surface area contributed by atoms with Crippen LogP contribution in [0.1, 0.15) is 32.9 Å². The average molecular weight is 327 g/mol. The maximum atomic E-state index is 13.0. The van der Waals surface area contributed by atoms with E-state index in [2.05, 4.69) is 20.4 Å². The monoisotopic (exact) mass is 327 g/mol. The van der Waals surface area contributed by atoms with Crippen LogP contribution in [-0.4, -0.2) is 26.3 Å². The van der Waals surface area contributed by atoms with Gasteiger partial charge in [-0.2, -0.15) is 18.3 Å². The fourth-order valence-electron chi connectivity index (χ4n) is 1.96. The quantitative estimate of drug-likeness (QED) is 0.876. The van der Waals surface area contributed by atoms with Crippen molar-refractivity contribution >= 4 is 5.95 Å². The number of rotatable bonds is 6. The van der Waals surface area contributed by atoms with Gasteiger partial charge in [0.05, 0.1) is 11.9 Å². The molecular formula is C15H20F3N5. The van der Waals surface area contributed by atoms with E-state index in [1.165, 1.54) is 6.20 Å². The third kappa shape index (κ3) is 4.67. The molecule has 0 radical (unpaired) electrons. The van der Waals surface area contributed by atoms with Gasteiger partial charge < -0.3 is 5.32 Å². The Bertz CT molecular complexity index is 649. The summed E-state index contributed by atoms with van der Waals surface area (Å²) in [7, 11) is 0. The second-order valence-corrected chi connectivity index (χ2v) is 5.65. The normalized spacial score (nSPS) is 12.0. The molecule has 0 amide bonds. The lowest BCUT2D eigenvalue weighted by atomic mass is 10.1. The van der Waals surface area contributed by atoms with Gasteiger partial charge in [-0.25, -0.2) is 9.97 Å². The van der Waals surface area contributed by atoms with Gasteiger partial charge in [0.1, 0.15) is 0 Å². The van der Waals surface area contributed by atoms with Gasteiger partial charge >= 0.3 is 6.18 Å². The molecule has 2 rings (SSSR count). The topological polar surface area (TPSA) is 55.6 Å². The molecule has 0 aliphatic carbocycles. The van der Waals surface area contributed by atoms with Gasteiger partial charge in [0.15, 0.2) is 5.69 Å². The zero-order chi connectivity index (χ0) is 17.0. The minimum Gasteiger partial charge on any atom is -0.354 e. The summed E-state index contributed by atoms with van der Waals surface area (Å²) in [6.07, 6.45) is -0.528. The SMILES string of the molecule is CCn1cc(-c2cc(C(F)(F)F)nc(NCCC(C)C)n2)cn1. The van der Waals surface area contributed by atoms with Crippen LogP contribution in [0.25, 0.3) is 11.3 Å². The summed E-state index contributed by atoms with van der Waals surface area (Å²) < 4.78 is 40.8. The van der Waals surface area contributed by atoms with E-state index in [-0.39, 0.29) is 11.6 Å². The molecule has 0 aliphatic rings. The molecule has 8 heteroatoms. The smallest absolute Gasteiger partial charge is 0.354 e. The van der Waals surface area contributed by atoms with Crippen LogP contribution in [0.2, 0.25) is 0 Å². The van der Waals surface area contributed by atoms with Gasteiger partial charge in [0.2, 0.25) is 5.95 Å². The van der Waals surface area contributed by atoms with Gasteiger partial charge in [-0.15, -0.1) is 0 Å². The molecule has 0 atom stereocenters. The molecule has 2 aromatic rings. The summed E-state index contributed by atoms with van der Waals surface area (Å²) in [5.74, 6) is 0.426. The fourth-order valence-corrected chi connectivity index (χ4v) is 1.96. The van der Waals surface area contributed by atoms with Crippen LogP contribution in [0.3, 0.4) is 0 Å². The highest BCUT2D eigenvalue weighted by Gasteiger charge is 2.34. The van der Waals surface area contributed by atoms with E-state index in [1.54, 1.807) is 10.9 Å². The van der Waals surface area contributed by atoms with Crippen molar-refractivity contribution in [3.05, 3.63) is 24.2 Å². The van der Waals surface area contributed by atoms with Crippen LogP contribution in [-0.2, 0) is 12.7 Å². The number of nitrogens with one attached hydrogen (secondary N) is 1. The summed E-state index contributed by atoms with van der Waals surface area (Å²) in [6, 6.07) is 0.949. The molecular weight excluding hydrogens is 307 g/mol. The minimum absolute atomic E-state index is 0.0141. The Morgan fingerprint density at radius 1 is 1.26 bits per heavy atom. The van der Waals surface area contributed by atoms with Crippen molar-refractivity contribution in [2.75, 3.05) is 11.9 Å². The number of aryl methyl sites for hydroxylation is 1. The molecule has 23 heavy (non-hydrogen) atoms. The standard InChI is InChI=1S/C15H20F3N5/c1-4-23-9-11(8-20-23)12-7-13(15(16,17)18)22-14(21-12)19-6-5-10(2)3/h7-10H,4-6H2,1-3H3,(H,19,21,22). The van der Waals surface area contributed by atoms with E-state index < -0.39 is 11.9 Å². The lowest BCUT2D eigenvalue weighted by molar-refractivity contribution is -0.141. The van der Waals surface area contributed by atoms with Crippen LogP contribution in [0.15, 0.2) is 18.5 Å². The Labute approximate surface area is 133 Å². The summed E-state index contributed by atoms with van der Waals surface area (Å²) in [5.41, 5.74) is -0.218. The van der Waals surface area contributed by atoms with Crippen LogP contribution >= 0.6 is 0 Å².